The van der Waals surface area contributed by atoms with Gasteiger partial charge in [-0.25, -0.2) is 0 Å². The van der Waals surface area contributed by atoms with E-state index in [1.165, 1.54) is 0 Å². The van der Waals surface area contributed by atoms with E-state index in [-0.39, 0.29) is 5.88 Å². The summed E-state index contributed by atoms with van der Waals surface area (Å²) in [5, 5.41) is 8.49. The van der Waals surface area contributed by atoms with Gasteiger partial charge >= 0.3 is 0 Å². The van der Waals surface area contributed by atoms with E-state index < -0.39 is 22.3 Å². The number of halogens is 1. The molecule has 0 aromatic rings. The topological polar surface area (TPSA) is 83.8 Å². The first-order valence-corrected chi connectivity index (χ1v) is 4.41. The van der Waals surface area contributed by atoms with Crippen molar-refractivity contribution in [2.24, 2.45) is 0 Å². The van der Waals surface area contributed by atoms with E-state index in [9.17, 15) is 8.42 Å². The lowest BCUT2D eigenvalue weighted by molar-refractivity contribution is -0.0658. The molecule has 1 unspecified atom stereocenters. The van der Waals surface area contributed by atoms with Gasteiger partial charge in [0.25, 0.3) is 10.1 Å². The van der Waals surface area contributed by atoms with E-state index in [0.29, 0.717) is 0 Å². The highest BCUT2D eigenvalue weighted by molar-refractivity contribution is 7.85. The molecular formula is C3H7ClO5S. The first kappa shape index (κ1) is 10.1. The largest absolute Gasteiger partial charge is 0.367 e. The highest BCUT2D eigenvalue weighted by atomic mass is 35.5. The second kappa shape index (κ2) is 4.09. The number of alkyl halides is 1. The SMILES string of the molecule is O=S(=O)(O)COC(O)CCl. The van der Waals surface area contributed by atoms with E-state index in [1.807, 2.05) is 0 Å². The van der Waals surface area contributed by atoms with Gasteiger partial charge < -0.3 is 9.84 Å². The van der Waals surface area contributed by atoms with Crippen molar-refractivity contribution in [2.75, 3.05) is 11.8 Å². The molecule has 0 bridgehead atoms. The quantitative estimate of drug-likeness (QED) is 0.352. The molecule has 0 saturated heterocycles. The third-order valence-electron chi connectivity index (χ3n) is 0.541. The van der Waals surface area contributed by atoms with Crippen LogP contribution >= 0.6 is 11.6 Å². The highest BCUT2D eigenvalue weighted by Gasteiger charge is 2.08. The van der Waals surface area contributed by atoms with Crippen LogP contribution in [0.5, 0.6) is 0 Å². The van der Waals surface area contributed by atoms with Crippen LogP contribution in [0.1, 0.15) is 0 Å². The molecule has 0 heterocycles. The Kier molecular flexibility index (Phi) is 4.14. The Morgan fingerprint density at radius 3 is 2.40 bits per heavy atom. The molecule has 2 N–H and O–H groups in total. The molecule has 0 saturated carbocycles. The van der Waals surface area contributed by atoms with Crippen LogP contribution in [0.4, 0.5) is 0 Å². The molecule has 1 atom stereocenters. The van der Waals surface area contributed by atoms with Gasteiger partial charge in [-0.2, -0.15) is 8.42 Å². The molecule has 10 heavy (non-hydrogen) atoms. The van der Waals surface area contributed by atoms with Crippen LogP contribution in [0, 0.1) is 0 Å². The van der Waals surface area contributed by atoms with Crippen LogP contribution in [0.15, 0.2) is 0 Å². The molecule has 0 aliphatic heterocycles. The average molecular weight is 191 g/mol. The smallest absolute Gasteiger partial charge is 0.289 e. The highest BCUT2D eigenvalue weighted by Crippen LogP contribution is 1.92. The molecule has 0 rings (SSSR count). The molecule has 62 valence electrons. The summed E-state index contributed by atoms with van der Waals surface area (Å²) >= 11 is 5.03. The van der Waals surface area contributed by atoms with Crippen molar-refractivity contribution < 1.29 is 22.8 Å². The number of aliphatic hydroxyl groups is 1. The molecule has 7 heteroatoms. The second-order valence-corrected chi connectivity index (χ2v) is 3.18. The van der Waals surface area contributed by atoms with E-state index in [1.54, 1.807) is 0 Å². The predicted molar refractivity (Wildman–Crippen MR) is 34.2 cm³/mol. The van der Waals surface area contributed by atoms with Crippen LogP contribution < -0.4 is 0 Å². The Hall–Kier alpha value is 0.120. The summed E-state index contributed by atoms with van der Waals surface area (Å²) in [5.74, 6) is -1.18. The molecule has 0 amide bonds. The van der Waals surface area contributed by atoms with Crippen LogP contribution in [0.2, 0.25) is 0 Å². The van der Waals surface area contributed by atoms with Crippen molar-refractivity contribution in [1.29, 1.82) is 0 Å². The van der Waals surface area contributed by atoms with Gasteiger partial charge in [0.1, 0.15) is 0 Å². The number of hydrogen-bond donors (Lipinski definition) is 2. The summed E-state index contributed by atoms with van der Waals surface area (Å²) in [4.78, 5) is 0. The van der Waals surface area contributed by atoms with Crippen molar-refractivity contribution >= 4 is 21.7 Å². The fraction of sp³-hybridized carbons (Fsp3) is 1.00. The number of hydrogen-bond acceptors (Lipinski definition) is 4. The van der Waals surface area contributed by atoms with Crippen LogP contribution in [0.3, 0.4) is 0 Å². The van der Waals surface area contributed by atoms with Crippen LogP contribution in [-0.4, -0.2) is 36.2 Å². The van der Waals surface area contributed by atoms with Gasteiger partial charge in [-0.15, -0.1) is 11.6 Å². The molecule has 5 nitrogen and oxygen atoms in total. The first-order chi connectivity index (χ1) is 4.45. The zero-order valence-electron chi connectivity index (χ0n) is 4.90. The minimum atomic E-state index is -4.17. The Labute approximate surface area is 63.3 Å². The Morgan fingerprint density at radius 1 is 1.60 bits per heavy atom. The summed E-state index contributed by atoms with van der Waals surface area (Å²) < 4.78 is 32.1. The Balaban J connectivity index is 3.56. The third-order valence-corrected chi connectivity index (χ3v) is 1.24. The van der Waals surface area contributed by atoms with Crippen molar-refractivity contribution in [3.8, 4) is 0 Å². The Bertz CT molecular complexity index is 175. The molecule has 0 spiro atoms. The minimum Gasteiger partial charge on any atom is -0.367 e. The maximum atomic E-state index is 9.93. The van der Waals surface area contributed by atoms with Crippen molar-refractivity contribution in [3.63, 3.8) is 0 Å². The van der Waals surface area contributed by atoms with Gasteiger partial charge in [0.05, 0.1) is 5.88 Å². The Morgan fingerprint density at radius 2 is 2.10 bits per heavy atom. The van der Waals surface area contributed by atoms with Crippen LogP contribution in [-0.2, 0) is 14.9 Å². The molecule has 0 aromatic heterocycles. The monoisotopic (exact) mass is 190 g/mol. The molecule has 0 aromatic carbocycles. The number of ether oxygens (including phenoxy) is 1. The second-order valence-electron chi connectivity index (χ2n) is 1.48. The van der Waals surface area contributed by atoms with Gasteiger partial charge in [-0.05, 0) is 0 Å². The third kappa shape index (κ3) is 6.24. The lowest BCUT2D eigenvalue weighted by atomic mass is 10.8. The molecule has 0 fully saturated rings. The van der Waals surface area contributed by atoms with Gasteiger partial charge in [0, 0.05) is 0 Å². The minimum absolute atomic E-state index is 0.241. The fourth-order valence-corrected chi connectivity index (χ4v) is 0.627. The first-order valence-electron chi connectivity index (χ1n) is 2.26. The average Bonchev–Trinajstić information content (AvgIpc) is 1.81. The standard InChI is InChI=1S/C3H7ClO5S/c4-1-3(5)9-2-10(6,7)8/h3,5H,1-2H2,(H,6,7,8). The lowest BCUT2D eigenvalue weighted by Crippen LogP contribution is -2.18. The summed E-state index contributed by atoms with van der Waals surface area (Å²) in [6.45, 7) is 0. The molecule has 0 aliphatic rings. The normalized spacial score (nSPS) is 15.1. The zero-order valence-corrected chi connectivity index (χ0v) is 6.47. The molecule has 0 radical (unpaired) electrons. The maximum Gasteiger partial charge on any atom is 0.289 e. The number of aliphatic hydroxyl groups excluding tert-OH is 1. The maximum absolute atomic E-state index is 9.93. The summed E-state index contributed by atoms with van der Waals surface area (Å²) in [7, 11) is -4.17. The van der Waals surface area contributed by atoms with Crippen LogP contribution in [0.25, 0.3) is 0 Å². The van der Waals surface area contributed by atoms with Gasteiger partial charge in [0.15, 0.2) is 12.2 Å². The summed E-state index contributed by atoms with van der Waals surface area (Å²) in [5.41, 5.74) is 0. The van der Waals surface area contributed by atoms with E-state index in [2.05, 4.69) is 4.74 Å². The van der Waals surface area contributed by atoms with Crippen molar-refractivity contribution in [3.05, 3.63) is 0 Å². The van der Waals surface area contributed by atoms with E-state index >= 15 is 0 Å². The van der Waals surface area contributed by atoms with Gasteiger partial charge in [0.2, 0.25) is 0 Å². The fourth-order valence-electron chi connectivity index (χ4n) is 0.209. The van der Waals surface area contributed by atoms with Gasteiger partial charge in [-0.1, -0.05) is 0 Å². The van der Waals surface area contributed by atoms with E-state index in [4.69, 9.17) is 21.3 Å². The van der Waals surface area contributed by atoms with E-state index in [0.717, 1.165) is 0 Å². The summed E-state index contributed by atoms with van der Waals surface area (Å²) in [6.07, 6.45) is -1.36. The van der Waals surface area contributed by atoms with Crippen molar-refractivity contribution in [1.82, 2.24) is 0 Å². The molecule has 0 aliphatic carbocycles. The lowest BCUT2D eigenvalue weighted by Gasteiger charge is -2.05. The summed E-state index contributed by atoms with van der Waals surface area (Å²) in [6, 6.07) is 0. The number of rotatable bonds is 4. The zero-order chi connectivity index (χ0) is 8.20. The van der Waals surface area contributed by atoms with Gasteiger partial charge in [-0.3, -0.25) is 4.55 Å². The molecular weight excluding hydrogens is 184 g/mol. The predicted octanol–water partition coefficient (Wildman–Crippen LogP) is -0.595. The van der Waals surface area contributed by atoms with Crippen molar-refractivity contribution in [2.45, 2.75) is 6.29 Å².